The molecule has 56 heavy (non-hydrogen) atoms. The monoisotopic (exact) mass is 736 g/mol. The summed E-state index contributed by atoms with van der Waals surface area (Å²) in [7, 11) is 0. The number of thiophene rings is 1. The summed E-state index contributed by atoms with van der Waals surface area (Å²) in [5.74, 6) is 2.95. The minimum absolute atomic E-state index is 0.0713. The first kappa shape index (κ1) is 32.7. The van der Waals surface area contributed by atoms with Crippen molar-refractivity contribution in [3.05, 3.63) is 169 Å². The van der Waals surface area contributed by atoms with Crippen LogP contribution in [0.1, 0.15) is 50.7 Å². The maximum atomic E-state index is 2.65. The van der Waals surface area contributed by atoms with Gasteiger partial charge in [0.2, 0.25) is 0 Å². The van der Waals surface area contributed by atoms with Crippen LogP contribution in [-0.4, -0.2) is 0 Å². The largest absolute Gasteiger partial charge is 0.135 e. The predicted octanol–water partition coefficient (Wildman–Crippen LogP) is 15.7. The zero-order chi connectivity index (χ0) is 37.1. The average molecular weight is 737 g/mol. The van der Waals surface area contributed by atoms with Gasteiger partial charge < -0.3 is 0 Å². The summed E-state index contributed by atoms with van der Waals surface area (Å²) in [6.45, 7) is 5.10. The van der Waals surface area contributed by atoms with Crippen LogP contribution in [0.5, 0.6) is 0 Å². The van der Waals surface area contributed by atoms with Crippen LogP contribution >= 0.6 is 11.3 Å². The molecule has 1 heterocycles. The lowest BCUT2D eigenvalue weighted by molar-refractivity contribution is 0.0426. The van der Waals surface area contributed by atoms with Crippen LogP contribution in [0.4, 0.5) is 0 Å². The Labute approximate surface area is 333 Å². The van der Waals surface area contributed by atoms with Gasteiger partial charge in [-0.3, -0.25) is 0 Å². The molecule has 0 saturated heterocycles. The predicted molar refractivity (Wildman–Crippen MR) is 241 cm³/mol. The lowest BCUT2D eigenvalue weighted by atomic mass is 9.49. The van der Waals surface area contributed by atoms with Crippen LogP contribution in [0.2, 0.25) is 0 Å². The van der Waals surface area contributed by atoms with Crippen molar-refractivity contribution in [1.29, 1.82) is 0 Å². The zero-order valence-corrected chi connectivity index (χ0v) is 32.9. The highest BCUT2D eigenvalue weighted by Crippen LogP contribution is 2.65. The Bertz CT molecular complexity index is 2970. The van der Waals surface area contributed by atoms with Gasteiger partial charge in [0.15, 0.2) is 0 Å². The van der Waals surface area contributed by atoms with Gasteiger partial charge in [-0.2, -0.15) is 0 Å². The van der Waals surface area contributed by atoms with Crippen molar-refractivity contribution in [2.75, 3.05) is 0 Å². The molecule has 0 amide bonds. The Hall–Kier alpha value is -5.50. The Morgan fingerprint density at radius 3 is 1.75 bits per heavy atom. The third kappa shape index (κ3) is 4.58. The van der Waals surface area contributed by atoms with E-state index in [9.17, 15) is 0 Å². The second-order valence-electron chi connectivity index (χ2n) is 17.4. The first-order chi connectivity index (χ1) is 27.6. The zero-order valence-electron chi connectivity index (χ0n) is 32.1. The van der Waals surface area contributed by atoms with Gasteiger partial charge in [-0.1, -0.05) is 153 Å². The van der Waals surface area contributed by atoms with E-state index in [1.807, 2.05) is 11.3 Å². The molecular weight excluding hydrogens is 693 g/mol. The average Bonchev–Trinajstić information content (AvgIpc) is 3.75. The van der Waals surface area contributed by atoms with E-state index in [2.05, 4.69) is 172 Å². The Kier molecular flexibility index (Phi) is 7.16. The van der Waals surface area contributed by atoms with Crippen LogP contribution in [0.15, 0.2) is 158 Å². The number of rotatable bonds is 3. The minimum atomic E-state index is 0.0713. The van der Waals surface area contributed by atoms with E-state index in [-0.39, 0.29) is 5.41 Å². The fourth-order valence-corrected chi connectivity index (χ4v) is 13.5. The molecule has 1 heteroatoms. The van der Waals surface area contributed by atoms with E-state index in [4.69, 9.17) is 0 Å². The molecule has 0 aliphatic heterocycles. The van der Waals surface area contributed by atoms with Gasteiger partial charge in [0.1, 0.15) is 0 Å². The second-order valence-corrected chi connectivity index (χ2v) is 18.5. The number of hydrogen-bond acceptors (Lipinski definition) is 1. The minimum Gasteiger partial charge on any atom is -0.135 e. The van der Waals surface area contributed by atoms with E-state index in [0.29, 0.717) is 11.8 Å². The summed E-state index contributed by atoms with van der Waals surface area (Å²) in [5.41, 5.74) is 14.0. The fourth-order valence-electron chi connectivity index (χ4n) is 12.4. The number of benzene rings is 8. The van der Waals surface area contributed by atoms with Crippen molar-refractivity contribution in [3.63, 3.8) is 0 Å². The normalized spacial score (nSPS) is 22.6. The Balaban J connectivity index is 1.02. The van der Waals surface area contributed by atoms with Crippen molar-refractivity contribution >= 4 is 53.1 Å². The summed E-state index contributed by atoms with van der Waals surface area (Å²) in [5, 5.41) is 7.98. The molecule has 8 aromatic carbocycles. The van der Waals surface area contributed by atoms with Crippen molar-refractivity contribution in [2.45, 2.75) is 44.9 Å². The highest BCUT2D eigenvalue weighted by Gasteiger charge is 2.56. The van der Waals surface area contributed by atoms with Crippen molar-refractivity contribution in [2.24, 2.45) is 23.7 Å². The first-order valence-corrected chi connectivity index (χ1v) is 21.6. The van der Waals surface area contributed by atoms with Gasteiger partial charge in [0.25, 0.3) is 0 Å². The quantitative estimate of drug-likeness (QED) is 0.158. The summed E-state index contributed by atoms with van der Waals surface area (Å²) in [6.07, 6.45) is 5.43. The van der Waals surface area contributed by atoms with E-state index in [1.165, 1.54) is 112 Å². The van der Waals surface area contributed by atoms with Crippen LogP contribution in [-0.2, 0) is 5.41 Å². The van der Waals surface area contributed by atoms with Crippen LogP contribution in [0, 0.1) is 23.7 Å². The molecule has 1 spiro atoms. The summed E-state index contributed by atoms with van der Waals surface area (Å²) < 4.78 is 2.69. The van der Waals surface area contributed by atoms with Crippen molar-refractivity contribution < 1.29 is 0 Å². The summed E-state index contributed by atoms with van der Waals surface area (Å²) in [4.78, 5) is 0. The number of hydrogen-bond donors (Lipinski definition) is 0. The van der Waals surface area contributed by atoms with Gasteiger partial charge in [0.05, 0.1) is 0 Å². The molecule has 5 unspecified atom stereocenters. The van der Waals surface area contributed by atoms with Gasteiger partial charge in [0, 0.05) is 25.6 Å². The fraction of sp³-hybridized carbons (Fsp3) is 0.200. The van der Waals surface area contributed by atoms with Crippen molar-refractivity contribution in [1.82, 2.24) is 0 Å². The van der Waals surface area contributed by atoms with E-state index >= 15 is 0 Å². The third-order valence-corrected chi connectivity index (χ3v) is 15.5. The summed E-state index contributed by atoms with van der Waals surface area (Å²) >= 11 is 1.89. The van der Waals surface area contributed by atoms with Gasteiger partial charge in [-0.05, 0) is 145 Å². The molecule has 2 bridgehead atoms. The van der Waals surface area contributed by atoms with Crippen molar-refractivity contribution in [3.8, 4) is 44.5 Å². The van der Waals surface area contributed by atoms with Gasteiger partial charge >= 0.3 is 0 Å². The molecule has 3 aliphatic carbocycles. The standard InChI is InChI=1S/C55H44S/c1-33-27-35-29-34(2)55(40(28-33)30-35)49-17-9-7-11-41(49)42-25-24-39(31-50(42)55)54-47-15-5-3-13-45(47)53(46-14-4-6-16-48(46)54)37-21-19-36(20-22-37)38-23-26-44-43-12-8-10-18-51(43)56-52(44)32-38/h3-26,31-35,40H,27-30H2,1-2H3. The Morgan fingerprint density at radius 2 is 1.00 bits per heavy atom. The van der Waals surface area contributed by atoms with Gasteiger partial charge in [-0.25, -0.2) is 0 Å². The van der Waals surface area contributed by atoms with E-state index in [0.717, 1.165) is 11.8 Å². The molecule has 5 atom stereocenters. The molecule has 3 aliphatic rings. The van der Waals surface area contributed by atoms with Crippen LogP contribution in [0.3, 0.4) is 0 Å². The SMILES string of the molecule is CC1CC2CC(C)C3(c4ccccc4-c4ccc(-c5c6ccccc6c(-c6ccc(-c7ccc8c(c7)sc7ccccc78)cc6)c6ccccc56)cc43)C(C1)C2. The van der Waals surface area contributed by atoms with Crippen LogP contribution < -0.4 is 0 Å². The molecule has 0 N–H and O–H groups in total. The molecule has 12 rings (SSSR count). The molecule has 270 valence electrons. The third-order valence-electron chi connectivity index (χ3n) is 14.4. The lowest BCUT2D eigenvalue weighted by Gasteiger charge is -2.54. The maximum absolute atomic E-state index is 2.65. The Morgan fingerprint density at radius 1 is 0.429 bits per heavy atom. The topological polar surface area (TPSA) is 0 Å². The maximum Gasteiger partial charge on any atom is 0.0361 e. The van der Waals surface area contributed by atoms with Gasteiger partial charge in [-0.15, -0.1) is 11.3 Å². The molecule has 1 aromatic heterocycles. The first-order valence-electron chi connectivity index (χ1n) is 20.8. The highest BCUT2D eigenvalue weighted by molar-refractivity contribution is 7.25. The van der Waals surface area contributed by atoms with E-state index in [1.54, 1.807) is 11.1 Å². The highest BCUT2D eigenvalue weighted by atomic mass is 32.1. The molecular formula is C55H44S. The molecule has 2 saturated carbocycles. The summed E-state index contributed by atoms with van der Waals surface area (Å²) in [6, 6.07) is 60.4. The number of fused-ring (bicyclic) bond motifs is 13. The molecule has 2 fully saturated rings. The smallest absolute Gasteiger partial charge is 0.0361 e. The van der Waals surface area contributed by atoms with E-state index < -0.39 is 0 Å². The molecule has 0 nitrogen and oxygen atoms in total. The lowest BCUT2D eigenvalue weighted by Crippen LogP contribution is -2.49. The molecule has 0 radical (unpaired) electrons. The van der Waals surface area contributed by atoms with Crippen LogP contribution in [0.25, 0.3) is 86.2 Å². The molecule has 9 aromatic rings. The second kappa shape index (κ2) is 12.2.